The number of hydrogen-bond donors (Lipinski definition) is 1. The zero-order valence-electron chi connectivity index (χ0n) is 12.0. The molecule has 9 heteroatoms. The van der Waals surface area contributed by atoms with E-state index in [0.29, 0.717) is 11.8 Å². The van der Waals surface area contributed by atoms with Gasteiger partial charge in [-0.15, -0.1) is 0 Å². The van der Waals surface area contributed by atoms with Gasteiger partial charge in [0.25, 0.3) is 11.6 Å². The lowest BCUT2D eigenvalue weighted by molar-refractivity contribution is -0.385. The Morgan fingerprint density at radius 2 is 2.12 bits per heavy atom. The van der Waals surface area contributed by atoms with Crippen LogP contribution >= 0.6 is 11.6 Å². The maximum absolute atomic E-state index is 13.6. The van der Waals surface area contributed by atoms with Crippen LogP contribution in [0.1, 0.15) is 5.56 Å². The monoisotopic (exact) mass is 349 g/mol. The second-order valence-electron chi connectivity index (χ2n) is 4.52. The van der Waals surface area contributed by atoms with Gasteiger partial charge in [0.05, 0.1) is 21.6 Å². The molecule has 0 radical (unpaired) electrons. The average Bonchev–Trinajstić information content (AvgIpc) is 2.53. The maximum atomic E-state index is 13.6. The minimum absolute atomic E-state index is 0.178. The molecule has 0 fully saturated rings. The Hall–Kier alpha value is -3.18. The molecule has 0 bridgehead atoms. The molecule has 0 saturated carbocycles. The second kappa shape index (κ2) is 7.39. The summed E-state index contributed by atoms with van der Waals surface area (Å²) >= 11 is 5.84. The van der Waals surface area contributed by atoms with Crippen LogP contribution in [0.5, 0.6) is 5.75 Å². The number of nitrogens with one attached hydrogen (secondary N) is 1. The van der Waals surface area contributed by atoms with Gasteiger partial charge in [-0.2, -0.15) is 5.26 Å². The number of nitro groups is 1. The van der Waals surface area contributed by atoms with Gasteiger partial charge < -0.3 is 10.1 Å². The number of amides is 1. The molecule has 0 aromatic heterocycles. The van der Waals surface area contributed by atoms with Crippen molar-refractivity contribution >= 4 is 28.9 Å². The number of rotatable bonds is 5. The molecule has 1 N–H and O–H groups in total. The normalized spacial score (nSPS) is 9.88. The summed E-state index contributed by atoms with van der Waals surface area (Å²) in [5.41, 5.74) is 0.187. The van der Waals surface area contributed by atoms with Crippen LogP contribution in [0.2, 0.25) is 5.02 Å². The van der Waals surface area contributed by atoms with Crippen molar-refractivity contribution in [1.82, 2.24) is 0 Å². The Kier molecular flexibility index (Phi) is 5.29. The minimum Gasteiger partial charge on any atom is -0.481 e. The first-order valence-corrected chi connectivity index (χ1v) is 6.84. The van der Waals surface area contributed by atoms with Gasteiger partial charge in [0.15, 0.2) is 18.2 Å². The number of hydrogen-bond acceptors (Lipinski definition) is 5. The Bertz CT molecular complexity index is 851. The predicted molar refractivity (Wildman–Crippen MR) is 83.3 cm³/mol. The van der Waals surface area contributed by atoms with E-state index in [1.807, 2.05) is 6.07 Å². The van der Waals surface area contributed by atoms with Crippen LogP contribution < -0.4 is 10.1 Å². The molecule has 2 aromatic carbocycles. The number of nitrogens with zero attached hydrogens (tertiary/aromatic N) is 2. The molecule has 2 aromatic rings. The fraction of sp³-hybridized carbons (Fsp3) is 0.0667. The molecular weight excluding hydrogens is 341 g/mol. The zero-order chi connectivity index (χ0) is 17.7. The lowest BCUT2D eigenvalue weighted by Gasteiger charge is -2.08. The lowest BCUT2D eigenvalue weighted by Crippen LogP contribution is -2.20. The third kappa shape index (κ3) is 4.18. The molecule has 0 heterocycles. The molecule has 0 spiro atoms. The van der Waals surface area contributed by atoms with E-state index in [4.69, 9.17) is 21.6 Å². The van der Waals surface area contributed by atoms with Gasteiger partial charge in [-0.05, 0) is 24.3 Å². The molecule has 0 aliphatic heterocycles. The second-order valence-corrected chi connectivity index (χ2v) is 4.92. The van der Waals surface area contributed by atoms with Gasteiger partial charge in [0.2, 0.25) is 0 Å². The summed E-state index contributed by atoms with van der Waals surface area (Å²) in [5.74, 6) is -1.82. The van der Waals surface area contributed by atoms with Gasteiger partial charge in [-0.1, -0.05) is 11.6 Å². The molecule has 0 saturated heterocycles. The smallest absolute Gasteiger partial charge is 0.272 e. The Morgan fingerprint density at radius 3 is 2.71 bits per heavy atom. The van der Waals surface area contributed by atoms with Gasteiger partial charge >= 0.3 is 0 Å². The number of benzene rings is 2. The first-order chi connectivity index (χ1) is 11.4. The highest BCUT2D eigenvalue weighted by Gasteiger charge is 2.13. The van der Waals surface area contributed by atoms with Crippen LogP contribution in [-0.2, 0) is 4.79 Å². The third-order valence-electron chi connectivity index (χ3n) is 2.86. The van der Waals surface area contributed by atoms with Crippen LogP contribution in [0.15, 0.2) is 36.4 Å². The van der Waals surface area contributed by atoms with Crippen molar-refractivity contribution in [3.05, 3.63) is 62.9 Å². The van der Waals surface area contributed by atoms with Gasteiger partial charge in [-0.3, -0.25) is 14.9 Å². The van der Waals surface area contributed by atoms with Crippen molar-refractivity contribution in [2.75, 3.05) is 11.9 Å². The zero-order valence-corrected chi connectivity index (χ0v) is 12.7. The predicted octanol–water partition coefficient (Wildman–Crippen LogP) is 3.28. The lowest BCUT2D eigenvalue weighted by atomic mass is 10.2. The van der Waals surface area contributed by atoms with E-state index >= 15 is 0 Å². The first-order valence-electron chi connectivity index (χ1n) is 6.47. The number of nitriles is 1. The molecule has 2 rings (SSSR count). The molecule has 0 aliphatic carbocycles. The van der Waals surface area contributed by atoms with Crippen molar-refractivity contribution < 1.29 is 18.8 Å². The molecule has 122 valence electrons. The standard InChI is InChI=1S/C15H9ClFN3O4/c16-12-5-10(2-1-9(12)7-18)19-15(21)8-24-14-4-3-11(20(22)23)6-13(14)17/h1-6H,8H2,(H,19,21). The number of ether oxygens (including phenoxy) is 1. The number of carbonyl (C=O) groups excluding carboxylic acids is 1. The van der Waals surface area contributed by atoms with Crippen LogP contribution in [0.25, 0.3) is 0 Å². The van der Waals surface area contributed by atoms with Crippen molar-refractivity contribution in [1.29, 1.82) is 5.26 Å². The summed E-state index contributed by atoms with van der Waals surface area (Å²) in [7, 11) is 0. The Balaban J connectivity index is 1.97. The average molecular weight is 350 g/mol. The Morgan fingerprint density at radius 1 is 1.38 bits per heavy atom. The van der Waals surface area contributed by atoms with E-state index in [9.17, 15) is 19.3 Å². The van der Waals surface area contributed by atoms with E-state index in [1.165, 1.54) is 18.2 Å². The van der Waals surface area contributed by atoms with E-state index in [1.54, 1.807) is 0 Å². The quantitative estimate of drug-likeness (QED) is 0.658. The first kappa shape index (κ1) is 17.2. The molecule has 0 atom stereocenters. The van der Waals surface area contributed by atoms with E-state index in [0.717, 1.165) is 12.1 Å². The summed E-state index contributed by atoms with van der Waals surface area (Å²) < 4.78 is 18.6. The fourth-order valence-electron chi connectivity index (χ4n) is 1.74. The number of nitro benzene ring substituents is 1. The van der Waals surface area contributed by atoms with Crippen LogP contribution in [0, 0.1) is 27.3 Å². The van der Waals surface area contributed by atoms with Crippen molar-refractivity contribution in [3.8, 4) is 11.8 Å². The van der Waals surface area contributed by atoms with Crippen LogP contribution in [0.4, 0.5) is 15.8 Å². The number of carbonyl (C=O) groups is 1. The largest absolute Gasteiger partial charge is 0.481 e. The Labute approximate surface area is 140 Å². The summed E-state index contributed by atoms with van der Waals surface area (Å²) in [5, 5.41) is 21.9. The summed E-state index contributed by atoms with van der Waals surface area (Å²) in [6.45, 7) is -0.508. The maximum Gasteiger partial charge on any atom is 0.272 e. The summed E-state index contributed by atoms with van der Waals surface area (Å²) in [6, 6.07) is 9.03. The number of anilines is 1. The van der Waals surface area contributed by atoms with Crippen LogP contribution in [-0.4, -0.2) is 17.4 Å². The van der Waals surface area contributed by atoms with Crippen molar-refractivity contribution in [2.45, 2.75) is 0 Å². The van der Waals surface area contributed by atoms with Gasteiger partial charge in [0.1, 0.15) is 6.07 Å². The molecule has 24 heavy (non-hydrogen) atoms. The summed E-state index contributed by atoms with van der Waals surface area (Å²) in [6.07, 6.45) is 0. The molecule has 0 aliphatic rings. The minimum atomic E-state index is -0.946. The number of non-ortho nitro benzene ring substituents is 1. The van der Waals surface area contributed by atoms with Crippen LogP contribution in [0.3, 0.4) is 0 Å². The van der Waals surface area contributed by atoms with Gasteiger partial charge in [-0.25, -0.2) is 4.39 Å². The van der Waals surface area contributed by atoms with E-state index < -0.39 is 28.9 Å². The fourth-order valence-corrected chi connectivity index (χ4v) is 1.97. The van der Waals surface area contributed by atoms with Gasteiger partial charge in [0, 0.05) is 11.8 Å². The van der Waals surface area contributed by atoms with E-state index in [-0.39, 0.29) is 16.3 Å². The molecule has 7 nitrogen and oxygen atoms in total. The molecule has 1 amide bonds. The van der Waals surface area contributed by atoms with Crippen molar-refractivity contribution in [2.24, 2.45) is 0 Å². The van der Waals surface area contributed by atoms with E-state index in [2.05, 4.69) is 5.32 Å². The van der Waals surface area contributed by atoms with Crippen molar-refractivity contribution in [3.63, 3.8) is 0 Å². The number of halogens is 2. The highest BCUT2D eigenvalue weighted by molar-refractivity contribution is 6.32. The third-order valence-corrected chi connectivity index (χ3v) is 3.17. The SMILES string of the molecule is N#Cc1ccc(NC(=O)COc2ccc([N+](=O)[O-])cc2F)cc1Cl. The highest BCUT2D eigenvalue weighted by atomic mass is 35.5. The summed E-state index contributed by atoms with van der Waals surface area (Å²) in [4.78, 5) is 21.5. The topological polar surface area (TPSA) is 105 Å². The molecule has 0 unspecified atom stereocenters. The molecular formula is C15H9ClFN3O4. The highest BCUT2D eigenvalue weighted by Crippen LogP contribution is 2.23.